The molecule has 38 heavy (non-hydrogen) atoms. The van der Waals surface area contributed by atoms with Crippen molar-refractivity contribution in [3.05, 3.63) is 41.5 Å². The Morgan fingerprint density at radius 1 is 1.05 bits per heavy atom. The maximum absolute atomic E-state index is 13.9. The molecule has 3 fully saturated rings. The highest BCUT2D eigenvalue weighted by Crippen LogP contribution is 2.43. The molecule has 2 aliphatic carbocycles. The van der Waals surface area contributed by atoms with Crippen molar-refractivity contribution in [1.82, 2.24) is 15.1 Å². The highest BCUT2D eigenvalue weighted by molar-refractivity contribution is 5.90. The van der Waals surface area contributed by atoms with Crippen LogP contribution >= 0.6 is 0 Å². The van der Waals surface area contributed by atoms with E-state index in [1.165, 1.54) is 43.2 Å². The fourth-order valence-electron chi connectivity index (χ4n) is 7.18. The van der Waals surface area contributed by atoms with Crippen molar-refractivity contribution in [2.75, 3.05) is 39.4 Å². The summed E-state index contributed by atoms with van der Waals surface area (Å²) < 4.78 is 5.60. The molecule has 2 amide bonds. The van der Waals surface area contributed by atoms with E-state index in [9.17, 15) is 9.59 Å². The van der Waals surface area contributed by atoms with Crippen LogP contribution < -0.4 is 5.32 Å². The van der Waals surface area contributed by atoms with Crippen LogP contribution in [0.5, 0.6) is 0 Å². The lowest BCUT2D eigenvalue weighted by atomic mass is 9.74. The number of hydrogen-bond donors (Lipinski definition) is 1. The Morgan fingerprint density at radius 2 is 1.76 bits per heavy atom. The fourth-order valence-corrected chi connectivity index (χ4v) is 7.18. The minimum atomic E-state index is -0.470. The first-order valence-corrected chi connectivity index (χ1v) is 15.2. The van der Waals surface area contributed by atoms with Gasteiger partial charge in [0.1, 0.15) is 6.04 Å². The number of nitrogens with one attached hydrogen (secondary N) is 1. The summed E-state index contributed by atoms with van der Waals surface area (Å²) >= 11 is 0. The number of benzene rings is 1. The maximum Gasteiger partial charge on any atom is 0.245 e. The Labute approximate surface area is 229 Å². The number of amides is 2. The Morgan fingerprint density at radius 3 is 2.47 bits per heavy atom. The highest BCUT2D eigenvalue weighted by Gasteiger charge is 2.41. The van der Waals surface area contributed by atoms with Gasteiger partial charge in [-0.05, 0) is 42.2 Å². The van der Waals surface area contributed by atoms with Crippen molar-refractivity contribution >= 4 is 17.9 Å². The largest absolute Gasteiger partial charge is 0.379 e. The van der Waals surface area contributed by atoms with E-state index in [2.05, 4.69) is 60.5 Å². The maximum atomic E-state index is 13.9. The van der Waals surface area contributed by atoms with Crippen molar-refractivity contribution in [1.29, 1.82) is 0 Å². The second-order valence-corrected chi connectivity index (χ2v) is 12.2. The molecule has 1 aromatic rings. The van der Waals surface area contributed by atoms with E-state index < -0.39 is 6.04 Å². The topological polar surface area (TPSA) is 61.9 Å². The number of allylic oxidation sites excluding steroid dienone is 1. The zero-order valence-corrected chi connectivity index (χ0v) is 23.5. The van der Waals surface area contributed by atoms with Gasteiger partial charge in [0.05, 0.1) is 19.3 Å². The summed E-state index contributed by atoms with van der Waals surface area (Å²) in [4.78, 5) is 32.2. The van der Waals surface area contributed by atoms with Crippen molar-refractivity contribution in [3.8, 4) is 0 Å². The number of rotatable bonds is 8. The predicted octanol–water partition coefficient (Wildman–Crippen LogP) is 4.78. The lowest BCUT2D eigenvalue weighted by Crippen LogP contribution is -2.59. The predicted molar refractivity (Wildman–Crippen MR) is 152 cm³/mol. The summed E-state index contributed by atoms with van der Waals surface area (Å²) in [6.45, 7) is 8.61. The molecule has 208 valence electrons. The molecule has 1 unspecified atom stereocenters. The quantitative estimate of drug-likeness (QED) is 0.535. The van der Waals surface area contributed by atoms with Crippen LogP contribution in [0.1, 0.15) is 82.8 Å². The SMILES string of the molecule is CC[C@H](C)C(NC(=O)[C@H](CC1CCCCC1)N1CCOCC1)C(=O)N1CCC2(C=Cc3ccccc32)CC1. The molecule has 0 bridgehead atoms. The molecule has 6 heteroatoms. The third-order valence-electron chi connectivity index (χ3n) is 9.89. The smallest absolute Gasteiger partial charge is 0.245 e. The van der Waals surface area contributed by atoms with Crippen LogP contribution in [0.4, 0.5) is 0 Å². The van der Waals surface area contributed by atoms with Crippen LogP contribution in [-0.2, 0) is 19.7 Å². The van der Waals surface area contributed by atoms with Crippen LogP contribution in [0.25, 0.3) is 6.08 Å². The van der Waals surface area contributed by atoms with Crippen molar-refractivity contribution < 1.29 is 14.3 Å². The number of hydrogen-bond acceptors (Lipinski definition) is 4. The number of fused-ring (bicyclic) bond motifs is 2. The van der Waals surface area contributed by atoms with E-state index in [1.807, 2.05) is 4.90 Å². The number of likely N-dealkylation sites (tertiary alicyclic amines) is 1. The van der Waals surface area contributed by atoms with Crippen LogP contribution in [0.2, 0.25) is 0 Å². The first kappa shape index (κ1) is 27.4. The average Bonchev–Trinajstić information content (AvgIpc) is 3.33. The van der Waals surface area contributed by atoms with E-state index >= 15 is 0 Å². The first-order valence-electron chi connectivity index (χ1n) is 15.2. The van der Waals surface area contributed by atoms with E-state index in [0.717, 1.165) is 51.9 Å². The van der Waals surface area contributed by atoms with Crippen molar-refractivity contribution in [2.45, 2.75) is 89.1 Å². The summed E-state index contributed by atoms with van der Waals surface area (Å²) in [5.41, 5.74) is 2.75. The molecule has 2 saturated heterocycles. The molecule has 1 N–H and O–H groups in total. The molecule has 2 aliphatic heterocycles. The van der Waals surface area contributed by atoms with Gasteiger partial charge in [0.25, 0.3) is 0 Å². The summed E-state index contributed by atoms with van der Waals surface area (Å²) in [6, 6.07) is 8.00. The number of nitrogens with zero attached hydrogens (tertiary/aromatic N) is 2. The van der Waals surface area contributed by atoms with E-state index in [1.54, 1.807) is 0 Å². The van der Waals surface area contributed by atoms with Gasteiger partial charge in [0, 0.05) is 31.6 Å². The number of carbonyl (C=O) groups excluding carboxylic acids is 2. The molecule has 0 radical (unpaired) electrons. The molecule has 1 aromatic carbocycles. The molecule has 4 aliphatic rings. The number of ether oxygens (including phenoxy) is 1. The van der Waals surface area contributed by atoms with E-state index in [0.29, 0.717) is 19.1 Å². The monoisotopic (exact) mass is 521 g/mol. The molecule has 1 saturated carbocycles. The minimum absolute atomic E-state index is 0.0391. The van der Waals surface area contributed by atoms with Gasteiger partial charge >= 0.3 is 0 Å². The summed E-state index contributed by atoms with van der Waals surface area (Å²) in [5.74, 6) is 0.823. The average molecular weight is 522 g/mol. The van der Waals surface area contributed by atoms with Gasteiger partial charge in [-0.15, -0.1) is 0 Å². The fraction of sp³-hybridized carbons (Fsp3) is 0.688. The molecular weight excluding hydrogens is 474 g/mol. The van der Waals surface area contributed by atoms with Gasteiger partial charge in [-0.2, -0.15) is 0 Å². The van der Waals surface area contributed by atoms with Gasteiger partial charge in [0.2, 0.25) is 11.8 Å². The zero-order chi connectivity index (χ0) is 26.5. The Bertz CT molecular complexity index is 987. The molecule has 1 spiro atoms. The first-order chi connectivity index (χ1) is 18.5. The summed E-state index contributed by atoms with van der Waals surface area (Å²) in [7, 11) is 0. The van der Waals surface area contributed by atoms with Gasteiger partial charge in [-0.3, -0.25) is 14.5 Å². The summed E-state index contributed by atoms with van der Waals surface area (Å²) in [6.07, 6.45) is 14.5. The molecule has 0 aromatic heterocycles. The second kappa shape index (κ2) is 12.3. The molecule has 5 rings (SSSR count). The Balaban J connectivity index is 1.26. The van der Waals surface area contributed by atoms with Crippen LogP contribution in [-0.4, -0.2) is 73.1 Å². The Hall–Kier alpha value is -2.18. The normalized spacial score (nSPS) is 24.1. The Kier molecular flexibility index (Phi) is 8.89. The van der Waals surface area contributed by atoms with E-state index in [4.69, 9.17) is 4.74 Å². The van der Waals surface area contributed by atoms with E-state index in [-0.39, 0.29) is 29.2 Å². The lowest BCUT2D eigenvalue weighted by molar-refractivity contribution is -0.141. The molecular formula is C32H47N3O3. The van der Waals surface area contributed by atoms with Gasteiger partial charge < -0.3 is 15.0 Å². The zero-order valence-electron chi connectivity index (χ0n) is 23.5. The van der Waals surface area contributed by atoms with Crippen LogP contribution in [0, 0.1) is 11.8 Å². The molecule has 6 nitrogen and oxygen atoms in total. The van der Waals surface area contributed by atoms with Crippen molar-refractivity contribution in [2.24, 2.45) is 11.8 Å². The minimum Gasteiger partial charge on any atom is -0.379 e. The van der Waals surface area contributed by atoms with Gasteiger partial charge in [-0.1, -0.05) is 88.8 Å². The number of piperidine rings is 1. The number of morpholine rings is 1. The lowest BCUT2D eigenvalue weighted by Gasteiger charge is -2.41. The molecule has 2 heterocycles. The number of carbonyl (C=O) groups is 2. The molecule has 3 atom stereocenters. The third-order valence-corrected chi connectivity index (χ3v) is 9.89. The standard InChI is InChI=1S/C32H47N3O3/c1-3-24(2)29(31(37)35-17-15-32(16-18-35)14-13-26-11-7-8-12-27(26)32)33-30(36)28(34-19-21-38-22-20-34)23-25-9-5-4-6-10-25/h7-8,11-14,24-25,28-29H,3-6,9-10,15-23H2,1-2H3,(H,33,36)/t24-,28-,29?/m0/s1. The third kappa shape index (κ3) is 5.86. The van der Waals surface area contributed by atoms with Crippen LogP contribution in [0.15, 0.2) is 30.3 Å². The highest BCUT2D eigenvalue weighted by atomic mass is 16.5. The summed E-state index contributed by atoms with van der Waals surface area (Å²) in [5, 5.41) is 3.30. The van der Waals surface area contributed by atoms with Crippen molar-refractivity contribution in [3.63, 3.8) is 0 Å². The van der Waals surface area contributed by atoms with Gasteiger partial charge in [0.15, 0.2) is 0 Å². The van der Waals surface area contributed by atoms with Gasteiger partial charge in [-0.25, -0.2) is 0 Å². The van der Waals surface area contributed by atoms with Crippen LogP contribution in [0.3, 0.4) is 0 Å². The second-order valence-electron chi connectivity index (χ2n) is 12.2.